The number of benzene rings is 1. The molecule has 2 aliphatic heterocycles. The number of aromatic hydroxyl groups is 1. The molecule has 0 atom stereocenters. The third kappa shape index (κ3) is 4.35. The number of carbonyl (C=O) groups is 1. The number of ether oxygens (including phenoxy) is 2. The van der Waals surface area contributed by atoms with Gasteiger partial charge in [0.2, 0.25) is 5.88 Å². The number of hydrogen-bond donors (Lipinski definition) is 2. The summed E-state index contributed by atoms with van der Waals surface area (Å²) in [6.45, 7) is 9.21. The van der Waals surface area contributed by atoms with E-state index < -0.39 is 0 Å². The monoisotopic (exact) mass is 428 g/mol. The third-order valence-electron chi connectivity index (χ3n) is 5.85. The van der Waals surface area contributed by atoms with Gasteiger partial charge in [-0.05, 0) is 51.8 Å². The summed E-state index contributed by atoms with van der Waals surface area (Å²) in [5.41, 5.74) is 3.54. The Kier molecular flexibility index (Phi) is 6.36. The van der Waals surface area contributed by atoms with Crippen molar-refractivity contribution < 1.29 is 19.4 Å². The van der Waals surface area contributed by atoms with Crippen LogP contribution in [0.2, 0.25) is 0 Å². The van der Waals surface area contributed by atoms with Gasteiger partial charge in [-0.1, -0.05) is 0 Å². The van der Waals surface area contributed by atoms with Gasteiger partial charge < -0.3 is 29.4 Å². The summed E-state index contributed by atoms with van der Waals surface area (Å²) in [6, 6.07) is 6.60. The summed E-state index contributed by atoms with van der Waals surface area (Å²) in [4.78, 5) is 18.5. The summed E-state index contributed by atoms with van der Waals surface area (Å²) in [6.07, 6.45) is 1.25. The van der Waals surface area contributed by atoms with E-state index in [0.29, 0.717) is 45.5 Å². The van der Waals surface area contributed by atoms with E-state index in [1.165, 1.54) is 0 Å². The maximum atomic E-state index is 12.1. The van der Waals surface area contributed by atoms with Crippen molar-refractivity contribution in [3.05, 3.63) is 23.8 Å². The van der Waals surface area contributed by atoms with Gasteiger partial charge >= 0.3 is 6.09 Å². The number of hydrogen-bond acceptors (Lipinski definition) is 6. The Balaban J connectivity index is 1.71. The maximum absolute atomic E-state index is 12.1. The van der Waals surface area contributed by atoms with Gasteiger partial charge in [-0.15, -0.1) is 0 Å². The minimum Gasteiger partial charge on any atom is -0.494 e. The Labute approximate surface area is 182 Å². The molecule has 0 radical (unpaired) electrons. The van der Waals surface area contributed by atoms with E-state index in [-0.39, 0.29) is 18.0 Å². The van der Waals surface area contributed by atoms with Crippen LogP contribution in [0.4, 0.5) is 10.5 Å². The molecule has 3 heterocycles. The van der Waals surface area contributed by atoms with Gasteiger partial charge in [0.05, 0.1) is 43.2 Å². The van der Waals surface area contributed by atoms with E-state index in [4.69, 9.17) is 9.47 Å². The quantitative estimate of drug-likeness (QED) is 0.757. The SMILES string of the molecule is CCOC(=O)N1CCC(n2c(O)c(C3=NCCOC3)c3cc(NC(C)C)ccc32)CC1. The van der Waals surface area contributed by atoms with Crippen LogP contribution >= 0.6 is 0 Å². The Bertz CT molecular complexity index is 974. The number of anilines is 1. The van der Waals surface area contributed by atoms with Crippen molar-refractivity contribution in [1.82, 2.24) is 9.47 Å². The number of carbonyl (C=O) groups excluding carboxylic acids is 1. The highest BCUT2D eigenvalue weighted by molar-refractivity contribution is 6.14. The summed E-state index contributed by atoms with van der Waals surface area (Å²) < 4.78 is 12.8. The number of nitrogens with zero attached hydrogens (tertiary/aromatic N) is 3. The van der Waals surface area contributed by atoms with Crippen LogP contribution in [-0.2, 0) is 9.47 Å². The molecule has 2 aromatic rings. The van der Waals surface area contributed by atoms with Crippen molar-refractivity contribution in [2.75, 3.05) is 44.8 Å². The van der Waals surface area contributed by atoms with E-state index in [0.717, 1.165) is 40.7 Å². The first-order valence-electron chi connectivity index (χ1n) is 11.2. The second-order valence-electron chi connectivity index (χ2n) is 8.40. The van der Waals surface area contributed by atoms with Crippen LogP contribution in [0.25, 0.3) is 10.9 Å². The van der Waals surface area contributed by atoms with E-state index in [1.54, 1.807) is 4.90 Å². The molecule has 1 amide bonds. The molecule has 1 aromatic heterocycles. The van der Waals surface area contributed by atoms with Crippen LogP contribution in [0.15, 0.2) is 23.2 Å². The van der Waals surface area contributed by atoms with Gasteiger partial charge in [-0.25, -0.2) is 4.79 Å². The topological polar surface area (TPSA) is 88.3 Å². The predicted molar refractivity (Wildman–Crippen MR) is 121 cm³/mol. The second kappa shape index (κ2) is 9.18. The van der Waals surface area contributed by atoms with E-state index in [2.05, 4.69) is 42.4 Å². The number of amides is 1. The van der Waals surface area contributed by atoms with Crippen molar-refractivity contribution in [3.8, 4) is 5.88 Å². The van der Waals surface area contributed by atoms with Crippen LogP contribution < -0.4 is 5.32 Å². The first-order chi connectivity index (χ1) is 15.0. The molecule has 1 saturated heterocycles. The van der Waals surface area contributed by atoms with Gasteiger partial charge in [0.25, 0.3) is 0 Å². The molecule has 4 rings (SSSR count). The highest BCUT2D eigenvalue weighted by Crippen LogP contribution is 2.39. The first-order valence-corrected chi connectivity index (χ1v) is 11.2. The van der Waals surface area contributed by atoms with E-state index in [1.807, 2.05) is 11.5 Å². The highest BCUT2D eigenvalue weighted by Gasteiger charge is 2.30. The zero-order chi connectivity index (χ0) is 22.0. The lowest BCUT2D eigenvalue weighted by atomic mass is 10.0. The summed E-state index contributed by atoms with van der Waals surface area (Å²) in [5.74, 6) is 0.232. The smallest absolute Gasteiger partial charge is 0.409 e. The fraction of sp³-hybridized carbons (Fsp3) is 0.565. The zero-order valence-electron chi connectivity index (χ0n) is 18.6. The molecule has 0 bridgehead atoms. The summed E-state index contributed by atoms with van der Waals surface area (Å²) in [5, 5.41) is 15.8. The number of aromatic nitrogens is 1. The Morgan fingerprint density at radius 2 is 2.13 bits per heavy atom. The van der Waals surface area contributed by atoms with Crippen molar-refractivity contribution in [2.45, 2.75) is 45.7 Å². The molecule has 168 valence electrons. The standard InChI is InChI=1S/C23H32N4O4/c1-4-31-23(29)26-10-7-17(8-11-26)27-20-6-5-16(25-15(2)3)13-18(20)21(22(27)28)19-14-30-12-9-24-19/h5-6,13,15,17,25,28H,4,7-12,14H2,1-3H3. The Morgan fingerprint density at radius 1 is 1.35 bits per heavy atom. The molecule has 2 N–H and O–H groups in total. The van der Waals surface area contributed by atoms with Gasteiger partial charge in [-0.3, -0.25) is 4.99 Å². The lowest BCUT2D eigenvalue weighted by molar-refractivity contribution is 0.0924. The molecule has 0 saturated carbocycles. The number of nitrogens with one attached hydrogen (secondary N) is 1. The number of aliphatic imine (C=N–C) groups is 1. The minimum atomic E-state index is -0.263. The van der Waals surface area contributed by atoms with Crippen LogP contribution in [0.1, 0.15) is 45.2 Å². The maximum Gasteiger partial charge on any atom is 0.409 e. The van der Waals surface area contributed by atoms with Gasteiger partial charge in [0, 0.05) is 36.2 Å². The molecular weight excluding hydrogens is 396 g/mol. The minimum absolute atomic E-state index is 0.0935. The van der Waals surface area contributed by atoms with Crippen LogP contribution in [0.3, 0.4) is 0 Å². The average Bonchev–Trinajstić information content (AvgIpc) is 3.05. The van der Waals surface area contributed by atoms with Gasteiger partial charge in [-0.2, -0.15) is 0 Å². The number of fused-ring (bicyclic) bond motifs is 1. The Hall–Kier alpha value is -2.74. The molecule has 8 heteroatoms. The third-order valence-corrected chi connectivity index (χ3v) is 5.85. The number of piperidine rings is 1. The lowest BCUT2D eigenvalue weighted by Gasteiger charge is -2.32. The molecular formula is C23H32N4O4. The van der Waals surface area contributed by atoms with Crippen molar-refractivity contribution in [1.29, 1.82) is 0 Å². The zero-order valence-corrected chi connectivity index (χ0v) is 18.6. The van der Waals surface area contributed by atoms with E-state index in [9.17, 15) is 9.90 Å². The first kappa shape index (κ1) is 21.5. The predicted octanol–water partition coefficient (Wildman–Crippen LogP) is 3.78. The molecule has 1 fully saturated rings. The molecule has 0 spiro atoms. The number of rotatable bonds is 5. The second-order valence-corrected chi connectivity index (χ2v) is 8.40. The van der Waals surface area contributed by atoms with Crippen molar-refractivity contribution >= 4 is 28.4 Å². The number of likely N-dealkylation sites (tertiary alicyclic amines) is 1. The molecule has 8 nitrogen and oxygen atoms in total. The van der Waals surface area contributed by atoms with Gasteiger partial charge in [0.15, 0.2) is 0 Å². The lowest BCUT2D eigenvalue weighted by Crippen LogP contribution is -2.39. The van der Waals surface area contributed by atoms with Crippen molar-refractivity contribution in [3.63, 3.8) is 0 Å². The van der Waals surface area contributed by atoms with Crippen LogP contribution in [0, 0.1) is 0 Å². The highest BCUT2D eigenvalue weighted by atomic mass is 16.6. The average molecular weight is 429 g/mol. The largest absolute Gasteiger partial charge is 0.494 e. The van der Waals surface area contributed by atoms with Crippen molar-refractivity contribution in [2.24, 2.45) is 4.99 Å². The van der Waals surface area contributed by atoms with Crippen LogP contribution in [-0.4, -0.2) is 71.9 Å². The fourth-order valence-corrected chi connectivity index (χ4v) is 4.51. The van der Waals surface area contributed by atoms with E-state index >= 15 is 0 Å². The molecule has 1 aromatic carbocycles. The van der Waals surface area contributed by atoms with Crippen LogP contribution in [0.5, 0.6) is 5.88 Å². The summed E-state index contributed by atoms with van der Waals surface area (Å²) >= 11 is 0. The molecule has 2 aliphatic rings. The normalized spacial score (nSPS) is 17.8. The molecule has 0 aliphatic carbocycles. The summed E-state index contributed by atoms with van der Waals surface area (Å²) in [7, 11) is 0. The Morgan fingerprint density at radius 3 is 2.77 bits per heavy atom. The molecule has 31 heavy (non-hydrogen) atoms. The van der Waals surface area contributed by atoms with Gasteiger partial charge in [0.1, 0.15) is 0 Å². The molecule has 0 unspecified atom stereocenters. The fourth-order valence-electron chi connectivity index (χ4n) is 4.51.